The van der Waals surface area contributed by atoms with Gasteiger partial charge < -0.3 is 0 Å². The van der Waals surface area contributed by atoms with Crippen molar-refractivity contribution < 1.29 is 4.79 Å². The SMILES string of the molecule is CC(C)c1ccc(C=NNC(=O)CSc2nnc(-c3ccc(C(C)(C)C)cc3)n2-c2ccccc2)cc1. The molecule has 4 aromatic rings. The molecule has 7 heteroatoms. The third kappa shape index (κ3) is 6.74. The van der Waals surface area contributed by atoms with Crippen molar-refractivity contribution >= 4 is 23.9 Å². The Balaban J connectivity index is 1.48. The van der Waals surface area contributed by atoms with Crippen molar-refractivity contribution in [3.8, 4) is 17.1 Å². The molecule has 1 N–H and O–H groups in total. The van der Waals surface area contributed by atoms with Crippen LogP contribution in [-0.4, -0.2) is 32.6 Å². The third-order valence-corrected chi connectivity index (χ3v) is 6.92. The average molecular weight is 512 g/mol. The van der Waals surface area contributed by atoms with Crippen molar-refractivity contribution in [2.24, 2.45) is 5.10 Å². The number of nitrogens with one attached hydrogen (secondary N) is 1. The van der Waals surface area contributed by atoms with Crippen LogP contribution in [0, 0.1) is 0 Å². The summed E-state index contributed by atoms with van der Waals surface area (Å²) in [5.74, 6) is 1.16. The number of carbonyl (C=O) groups is 1. The number of benzene rings is 3. The molecule has 0 saturated heterocycles. The Morgan fingerprint density at radius 1 is 0.973 bits per heavy atom. The van der Waals surface area contributed by atoms with Crippen molar-refractivity contribution in [1.82, 2.24) is 20.2 Å². The van der Waals surface area contributed by atoms with E-state index >= 15 is 0 Å². The van der Waals surface area contributed by atoms with E-state index in [9.17, 15) is 4.79 Å². The fourth-order valence-corrected chi connectivity index (χ4v) is 4.53. The number of thioether (sulfide) groups is 1. The quantitative estimate of drug-likeness (QED) is 0.164. The van der Waals surface area contributed by atoms with Crippen molar-refractivity contribution in [3.05, 3.63) is 95.6 Å². The second-order valence-electron chi connectivity index (χ2n) is 10.2. The molecular formula is C30H33N5OS. The van der Waals surface area contributed by atoms with E-state index in [2.05, 4.69) is 91.7 Å². The molecule has 37 heavy (non-hydrogen) atoms. The molecule has 0 aliphatic rings. The molecule has 4 rings (SSSR count). The molecule has 6 nitrogen and oxygen atoms in total. The lowest BCUT2D eigenvalue weighted by molar-refractivity contribution is -0.118. The predicted octanol–water partition coefficient (Wildman–Crippen LogP) is 6.60. The van der Waals surface area contributed by atoms with Crippen molar-refractivity contribution in [3.63, 3.8) is 0 Å². The number of aromatic nitrogens is 3. The van der Waals surface area contributed by atoms with Crippen LogP contribution in [0.3, 0.4) is 0 Å². The molecular weight excluding hydrogens is 478 g/mol. The lowest BCUT2D eigenvalue weighted by Gasteiger charge is -2.19. The number of hydrogen-bond acceptors (Lipinski definition) is 5. The monoisotopic (exact) mass is 511 g/mol. The first-order chi connectivity index (χ1) is 17.7. The molecule has 1 aromatic heterocycles. The van der Waals surface area contributed by atoms with E-state index in [4.69, 9.17) is 0 Å². The van der Waals surface area contributed by atoms with E-state index in [1.165, 1.54) is 22.9 Å². The van der Waals surface area contributed by atoms with Crippen molar-refractivity contribution in [1.29, 1.82) is 0 Å². The number of amides is 1. The van der Waals surface area contributed by atoms with Crippen LogP contribution < -0.4 is 5.43 Å². The minimum absolute atomic E-state index is 0.0695. The number of nitrogens with zero attached hydrogens (tertiary/aromatic N) is 4. The Kier molecular flexibility index (Phi) is 8.24. The molecule has 190 valence electrons. The molecule has 3 aromatic carbocycles. The highest BCUT2D eigenvalue weighted by Gasteiger charge is 2.19. The molecule has 0 radical (unpaired) electrons. The molecule has 0 unspecified atom stereocenters. The van der Waals surface area contributed by atoms with Gasteiger partial charge in [-0.25, -0.2) is 5.43 Å². The fraction of sp³-hybridized carbons (Fsp3) is 0.267. The minimum Gasteiger partial charge on any atom is -0.272 e. The highest BCUT2D eigenvalue weighted by molar-refractivity contribution is 7.99. The summed E-state index contributed by atoms with van der Waals surface area (Å²) in [6.07, 6.45) is 1.65. The molecule has 0 aliphatic heterocycles. The zero-order chi connectivity index (χ0) is 26.4. The second-order valence-corrected chi connectivity index (χ2v) is 11.2. The van der Waals surface area contributed by atoms with Crippen LogP contribution in [-0.2, 0) is 10.2 Å². The van der Waals surface area contributed by atoms with Gasteiger partial charge in [0.15, 0.2) is 11.0 Å². The van der Waals surface area contributed by atoms with Crippen LogP contribution in [0.25, 0.3) is 17.1 Å². The van der Waals surface area contributed by atoms with E-state index in [1.54, 1.807) is 6.21 Å². The van der Waals surface area contributed by atoms with Gasteiger partial charge in [0.1, 0.15) is 0 Å². The van der Waals surface area contributed by atoms with E-state index < -0.39 is 0 Å². The Morgan fingerprint density at radius 3 is 2.27 bits per heavy atom. The van der Waals surface area contributed by atoms with Gasteiger partial charge >= 0.3 is 0 Å². The number of rotatable bonds is 8. The van der Waals surface area contributed by atoms with Gasteiger partial charge in [-0.1, -0.05) is 113 Å². The van der Waals surface area contributed by atoms with E-state index in [0.29, 0.717) is 11.1 Å². The van der Waals surface area contributed by atoms with Crippen LogP contribution in [0.2, 0.25) is 0 Å². The largest absolute Gasteiger partial charge is 0.272 e. The van der Waals surface area contributed by atoms with Crippen LogP contribution in [0.1, 0.15) is 57.2 Å². The summed E-state index contributed by atoms with van der Waals surface area (Å²) < 4.78 is 1.99. The van der Waals surface area contributed by atoms with Crippen LogP contribution >= 0.6 is 11.8 Å². The Hall–Kier alpha value is -3.71. The second kappa shape index (κ2) is 11.6. The summed E-state index contributed by atoms with van der Waals surface area (Å²) in [6, 6.07) is 26.5. The smallest absolute Gasteiger partial charge is 0.250 e. The van der Waals surface area contributed by atoms with E-state index in [1.807, 2.05) is 47.0 Å². The topological polar surface area (TPSA) is 72.2 Å². The molecule has 0 atom stereocenters. The summed E-state index contributed by atoms with van der Waals surface area (Å²) >= 11 is 1.33. The number of para-hydroxylation sites is 1. The average Bonchev–Trinajstić information content (AvgIpc) is 3.32. The molecule has 0 bridgehead atoms. The summed E-state index contributed by atoms with van der Waals surface area (Å²) in [4.78, 5) is 12.5. The van der Waals surface area contributed by atoms with Crippen LogP contribution in [0.5, 0.6) is 0 Å². The van der Waals surface area contributed by atoms with Gasteiger partial charge in [0, 0.05) is 11.3 Å². The van der Waals surface area contributed by atoms with Crippen LogP contribution in [0.4, 0.5) is 0 Å². The first-order valence-electron chi connectivity index (χ1n) is 12.4. The number of hydrazone groups is 1. The molecule has 0 saturated carbocycles. The summed E-state index contributed by atoms with van der Waals surface area (Å²) in [7, 11) is 0. The Morgan fingerprint density at radius 2 is 1.65 bits per heavy atom. The zero-order valence-electron chi connectivity index (χ0n) is 22.0. The lowest BCUT2D eigenvalue weighted by atomic mass is 9.87. The molecule has 0 spiro atoms. The number of hydrogen-bond donors (Lipinski definition) is 1. The van der Waals surface area contributed by atoms with Gasteiger partial charge in [0.2, 0.25) is 0 Å². The minimum atomic E-state index is -0.209. The summed E-state index contributed by atoms with van der Waals surface area (Å²) in [5, 5.41) is 13.7. The van der Waals surface area contributed by atoms with Crippen molar-refractivity contribution in [2.75, 3.05) is 5.75 Å². The van der Waals surface area contributed by atoms with E-state index in [-0.39, 0.29) is 17.1 Å². The van der Waals surface area contributed by atoms with Crippen LogP contribution in [0.15, 0.2) is 89.1 Å². The Bertz CT molecular complexity index is 1350. The highest BCUT2D eigenvalue weighted by atomic mass is 32.2. The first kappa shape index (κ1) is 26.4. The lowest BCUT2D eigenvalue weighted by Crippen LogP contribution is -2.20. The van der Waals surface area contributed by atoms with Gasteiger partial charge in [0.25, 0.3) is 5.91 Å². The molecule has 1 amide bonds. The molecule has 0 aliphatic carbocycles. The standard InChI is InChI=1S/C30H33N5OS/c1-21(2)23-13-11-22(12-14-23)19-31-32-27(36)20-37-29-34-33-28(35(29)26-9-7-6-8-10-26)24-15-17-25(18-16-24)30(3,4)5/h6-19,21H,20H2,1-5H3,(H,32,36). The van der Waals surface area contributed by atoms with E-state index in [0.717, 1.165) is 22.6 Å². The van der Waals surface area contributed by atoms with Gasteiger partial charge in [-0.15, -0.1) is 10.2 Å². The fourth-order valence-electron chi connectivity index (χ4n) is 3.79. The Labute approximate surface area is 223 Å². The molecule has 1 heterocycles. The van der Waals surface area contributed by atoms with Gasteiger partial charge in [-0.2, -0.15) is 5.10 Å². The normalized spacial score (nSPS) is 11.8. The van der Waals surface area contributed by atoms with Gasteiger partial charge in [-0.3, -0.25) is 9.36 Å². The number of carbonyl (C=O) groups excluding carboxylic acids is 1. The maximum absolute atomic E-state index is 12.5. The summed E-state index contributed by atoms with van der Waals surface area (Å²) in [5.41, 5.74) is 8.04. The third-order valence-electron chi connectivity index (χ3n) is 6.00. The molecule has 0 fully saturated rings. The van der Waals surface area contributed by atoms with Gasteiger partial charge in [-0.05, 0) is 40.2 Å². The predicted molar refractivity (Wildman–Crippen MR) is 152 cm³/mol. The van der Waals surface area contributed by atoms with Gasteiger partial charge in [0.05, 0.1) is 12.0 Å². The maximum Gasteiger partial charge on any atom is 0.250 e. The highest BCUT2D eigenvalue weighted by Crippen LogP contribution is 2.30. The first-order valence-corrected chi connectivity index (χ1v) is 13.4. The zero-order valence-corrected chi connectivity index (χ0v) is 22.8. The maximum atomic E-state index is 12.5. The summed E-state index contributed by atoms with van der Waals surface area (Å²) in [6.45, 7) is 10.9. The van der Waals surface area contributed by atoms with Crippen molar-refractivity contribution in [2.45, 2.75) is 51.1 Å².